The molecule has 1 fully saturated rings. The van der Waals surface area contributed by atoms with Crippen molar-refractivity contribution >= 4 is 34.6 Å². The highest BCUT2D eigenvalue weighted by Crippen LogP contribution is 2.24. The van der Waals surface area contributed by atoms with E-state index in [2.05, 4.69) is 15.5 Å². The van der Waals surface area contributed by atoms with Crippen molar-refractivity contribution < 1.29 is 4.79 Å². The Kier molecular flexibility index (Phi) is 5.52. The molecule has 0 aliphatic carbocycles. The van der Waals surface area contributed by atoms with Gasteiger partial charge < -0.3 is 20.4 Å². The number of benzene rings is 1. The number of hydrogen-bond acceptors (Lipinski definition) is 3. The van der Waals surface area contributed by atoms with Gasteiger partial charge in [0.15, 0.2) is 5.11 Å². The molecule has 1 saturated heterocycles. The fourth-order valence-electron chi connectivity index (χ4n) is 2.24. The summed E-state index contributed by atoms with van der Waals surface area (Å²) < 4.78 is 0. The maximum absolute atomic E-state index is 11.8. The third kappa shape index (κ3) is 4.68. The Labute approximate surface area is 131 Å². The third-order valence-electron chi connectivity index (χ3n) is 3.33. The van der Waals surface area contributed by atoms with E-state index in [0.717, 1.165) is 37.4 Å². The lowest BCUT2D eigenvalue weighted by Crippen LogP contribution is -2.34. The fraction of sp³-hybridized carbons (Fsp3) is 0.467. The lowest BCUT2D eigenvalue weighted by atomic mass is 10.2. The van der Waals surface area contributed by atoms with Gasteiger partial charge in [-0.15, -0.1) is 0 Å². The van der Waals surface area contributed by atoms with E-state index in [9.17, 15) is 4.79 Å². The van der Waals surface area contributed by atoms with Gasteiger partial charge in [0.25, 0.3) is 0 Å². The molecule has 1 aliphatic rings. The SMILES string of the molecule is CN(C)CCNC(=S)Nc1cccc(N2CCCC2=O)c1. The Morgan fingerprint density at radius 1 is 1.43 bits per heavy atom. The second-order valence-corrected chi connectivity index (χ2v) is 5.79. The summed E-state index contributed by atoms with van der Waals surface area (Å²) in [7, 11) is 4.05. The lowest BCUT2D eigenvalue weighted by Gasteiger charge is -2.18. The molecule has 0 aromatic heterocycles. The van der Waals surface area contributed by atoms with Crippen molar-refractivity contribution in [2.45, 2.75) is 12.8 Å². The molecule has 0 spiro atoms. The summed E-state index contributed by atoms with van der Waals surface area (Å²) in [6.45, 7) is 2.51. The summed E-state index contributed by atoms with van der Waals surface area (Å²) in [5, 5.41) is 6.92. The van der Waals surface area contributed by atoms with E-state index in [1.165, 1.54) is 0 Å². The van der Waals surface area contributed by atoms with Crippen LogP contribution < -0.4 is 15.5 Å². The average Bonchev–Trinajstić information content (AvgIpc) is 2.85. The molecule has 2 rings (SSSR count). The predicted molar refractivity (Wildman–Crippen MR) is 90.8 cm³/mol. The van der Waals surface area contributed by atoms with Crippen LogP contribution in [0.25, 0.3) is 0 Å². The number of hydrogen-bond donors (Lipinski definition) is 2. The zero-order chi connectivity index (χ0) is 15.2. The molecular weight excluding hydrogens is 284 g/mol. The summed E-state index contributed by atoms with van der Waals surface area (Å²) in [5.74, 6) is 0.193. The summed E-state index contributed by atoms with van der Waals surface area (Å²) >= 11 is 5.27. The maximum Gasteiger partial charge on any atom is 0.227 e. The maximum atomic E-state index is 11.8. The van der Waals surface area contributed by atoms with Crippen LogP contribution in [-0.4, -0.2) is 49.6 Å². The van der Waals surface area contributed by atoms with Crippen molar-refractivity contribution in [3.05, 3.63) is 24.3 Å². The van der Waals surface area contributed by atoms with Gasteiger partial charge in [0.2, 0.25) is 5.91 Å². The first kappa shape index (κ1) is 15.7. The van der Waals surface area contributed by atoms with E-state index in [1.54, 1.807) is 0 Å². The van der Waals surface area contributed by atoms with Crippen LogP contribution in [0.3, 0.4) is 0 Å². The molecule has 6 heteroatoms. The van der Waals surface area contributed by atoms with Gasteiger partial charge in [-0.3, -0.25) is 4.79 Å². The van der Waals surface area contributed by atoms with Crippen molar-refractivity contribution in [3.8, 4) is 0 Å². The third-order valence-corrected chi connectivity index (χ3v) is 3.58. The summed E-state index contributed by atoms with van der Waals surface area (Å²) in [5.41, 5.74) is 1.83. The number of anilines is 2. The fourth-order valence-corrected chi connectivity index (χ4v) is 2.46. The van der Waals surface area contributed by atoms with Crippen molar-refractivity contribution in [1.29, 1.82) is 0 Å². The normalized spacial score (nSPS) is 14.6. The van der Waals surface area contributed by atoms with Crippen molar-refractivity contribution in [2.75, 3.05) is 43.9 Å². The van der Waals surface area contributed by atoms with Crippen LogP contribution in [0.15, 0.2) is 24.3 Å². The number of rotatable bonds is 5. The van der Waals surface area contributed by atoms with Gasteiger partial charge in [-0.2, -0.15) is 0 Å². The van der Waals surface area contributed by atoms with E-state index in [-0.39, 0.29) is 5.91 Å². The van der Waals surface area contributed by atoms with Crippen molar-refractivity contribution in [1.82, 2.24) is 10.2 Å². The molecule has 114 valence electrons. The number of carbonyl (C=O) groups is 1. The van der Waals surface area contributed by atoms with Gasteiger partial charge in [-0.05, 0) is 50.9 Å². The van der Waals surface area contributed by atoms with Crippen LogP contribution in [0.5, 0.6) is 0 Å². The summed E-state index contributed by atoms with van der Waals surface area (Å²) in [6.07, 6.45) is 1.57. The Hall–Kier alpha value is -1.66. The van der Waals surface area contributed by atoms with Gasteiger partial charge in [0.05, 0.1) is 0 Å². The first-order chi connectivity index (χ1) is 10.1. The van der Waals surface area contributed by atoms with Gasteiger partial charge in [-0.1, -0.05) is 6.07 Å². The summed E-state index contributed by atoms with van der Waals surface area (Å²) in [4.78, 5) is 15.7. The average molecular weight is 306 g/mol. The minimum absolute atomic E-state index is 0.193. The quantitative estimate of drug-likeness (QED) is 0.810. The van der Waals surface area contributed by atoms with Crippen LogP contribution in [-0.2, 0) is 4.79 Å². The van der Waals surface area contributed by atoms with Gasteiger partial charge in [0, 0.05) is 37.4 Å². The van der Waals surface area contributed by atoms with Crippen LogP contribution in [0, 0.1) is 0 Å². The molecule has 0 bridgehead atoms. The second kappa shape index (κ2) is 7.38. The van der Waals surface area contributed by atoms with E-state index in [4.69, 9.17) is 12.2 Å². The first-order valence-corrected chi connectivity index (χ1v) is 7.57. The number of nitrogens with zero attached hydrogens (tertiary/aromatic N) is 2. The van der Waals surface area contributed by atoms with E-state index in [0.29, 0.717) is 11.5 Å². The van der Waals surface area contributed by atoms with Crippen LogP contribution in [0.2, 0.25) is 0 Å². The molecule has 0 saturated carbocycles. The molecule has 1 aromatic rings. The van der Waals surface area contributed by atoms with E-state index in [1.807, 2.05) is 43.3 Å². The van der Waals surface area contributed by atoms with E-state index < -0.39 is 0 Å². The molecule has 1 heterocycles. The molecule has 21 heavy (non-hydrogen) atoms. The van der Waals surface area contributed by atoms with Gasteiger partial charge >= 0.3 is 0 Å². The second-order valence-electron chi connectivity index (χ2n) is 5.38. The van der Waals surface area contributed by atoms with Gasteiger partial charge in [0.1, 0.15) is 0 Å². The molecule has 0 radical (unpaired) electrons. The van der Waals surface area contributed by atoms with E-state index >= 15 is 0 Å². The summed E-state index contributed by atoms with van der Waals surface area (Å²) in [6, 6.07) is 7.80. The highest BCUT2D eigenvalue weighted by molar-refractivity contribution is 7.80. The lowest BCUT2D eigenvalue weighted by molar-refractivity contribution is -0.117. The monoisotopic (exact) mass is 306 g/mol. The standard InChI is InChI=1S/C15H22N4OS/c1-18(2)10-8-16-15(21)17-12-5-3-6-13(11-12)19-9-4-7-14(19)20/h3,5-6,11H,4,7-10H2,1-2H3,(H2,16,17,21). The molecule has 0 atom stereocenters. The van der Waals surface area contributed by atoms with Crippen molar-refractivity contribution in [2.24, 2.45) is 0 Å². The Morgan fingerprint density at radius 3 is 2.90 bits per heavy atom. The molecule has 5 nitrogen and oxygen atoms in total. The van der Waals surface area contributed by atoms with Crippen LogP contribution in [0.4, 0.5) is 11.4 Å². The number of likely N-dealkylation sites (N-methyl/N-ethyl adjacent to an activating group) is 1. The largest absolute Gasteiger partial charge is 0.361 e. The first-order valence-electron chi connectivity index (χ1n) is 7.16. The Morgan fingerprint density at radius 2 is 2.24 bits per heavy atom. The molecule has 1 aromatic carbocycles. The molecule has 0 unspecified atom stereocenters. The number of carbonyl (C=O) groups excluding carboxylic acids is 1. The molecule has 2 N–H and O–H groups in total. The van der Waals surface area contributed by atoms with Gasteiger partial charge in [-0.25, -0.2) is 0 Å². The van der Waals surface area contributed by atoms with Crippen molar-refractivity contribution in [3.63, 3.8) is 0 Å². The zero-order valence-electron chi connectivity index (χ0n) is 12.6. The number of thiocarbonyl (C=S) groups is 1. The minimum Gasteiger partial charge on any atom is -0.361 e. The molecule has 1 amide bonds. The highest BCUT2D eigenvalue weighted by atomic mass is 32.1. The van der Waals surface area contributed by atoms with Crippen LogP contribution in [0.1, 0.15) is 12.8 Å². The number of nitrogens with one attached hydrogen (secondary N) is 2. The Balaban J connectivity index is 1.91. The van der Waals surface area contributed by atoms with Crippen LogP contribution >= 0.6 is 12.2 Å². The molecule has 1 aliphatic heterocycles. The predicted octanol–water partition coefficient (Wildman–Crippen LogP) is 1.66. The molecular formula is C15H22N4OS. The minimum atomic E-state index is 0.193. The highest BCUT2D eigenvalue weighted by Gasteiger charge is 2.21. The smallest absolute Gasteiger partial charge is 0.227 e. The topological polar surface area (TPSA) is 47.6 Å². The Bertz CT molecular complexity index is 518. The zero-order valence-corrected chi connectivity index (χ0v) is 13.4. The number of amides is 1.